The lowest BCUT2D eigenvalue weighted by Gasteiger charge is -2.36. The van der Waals surface area contributed by atoms with Gasteiger partial charge in [-0.3, -0.25) is 4.99 Å². The number of aromatic nitrogens is 2. The number of guanidine groups is 1. The lowest BCUT2D eigenvalue weighted by molar-refractivity contribution is 0.212. The van der Waals surface area contributed by atoms with E-state index in [0.717, 1.165) is 50.5 Å². The highest BCUT2D eigenvalue weighted by atomic mass is 15.4. The van der Waals surface area contributed by atoms with Gasteiger partial charge < -0.3 is 20.0 Å². The molecule has 0 bridgehead atoms. The predicted molar refractivity (Wildman–Crippen MR) is 102 cm³/mol. The van der Waals surface area contributed by atoms with Crippen molar-refractivity contribution in [2.45, 2.75) is 19.3 Å². The molecular weight excluding hydrogens is 314 g/mol. The topological polar surface area (TPSA) is 59.9 Å². The first-order valence-corrected chi connectivity index (χ1v) is 9.42. The summed E-state index contributed by atoms with van der Waals surface area (Å²) in [7, 11) is 4.10. The molecule has 2 fully saturated rings. The quantitative estimate of drug-likeness (QED) is 0.646. The van der Waals surface area contributed by atoms with E-state index in [1.54, 1.807) is 12.4 Å². The Hall–Kier alpha value is -1.89. The fraction of sp³-hybridized carbons (Fsp3) is 0.722. The smallest absolute Gasteiger partial charge is 0.225 e. The van der Waals surface area contributed by atoms with Crippen LogP contribution in [0.15, 0.2) is 23.5 Å². The summed E-state index contributed by atoms with van der Waals surface area (Å²) < 4.78 is 0. The molecule has 2 aliphatic heterocycles. The summed E-state index contributed by atoms with van der Waals surface area (Å²) in [5, 5.41) is 3.56. The van der Waals surface area contributed by atoms with Crippen LogP contribution in [0.4, 0.5) is 5.95 Å². The standard InChI is InChI=1S/C18H31N7/c1-19-17(22-9-4-16-5-10-23(2)11-6-16)24-12-14-25(15-13-24)18-20-7-3-8-21-18/h3,7-8,16H,4-6,9-15H2,1-2H3,(H,19,22). The van der Waals surface area contributed by atoms with Crippen LogP contribution in [0.1, 0.15) is 19.3 Å². The van der Waals surface area contributed by atoms with Gasteiger partial charge in [-0.1, -0.05) is 0 Å². The van der Waals surface area contributed by atoms with E-state index in [1.807, 2.05) is 13.1 Å². The Morgan fingerprint density at radius 3 is 2.44 bits per heavy atom. The molecule has 3 rings (SSSR count). The highest BCUT2D eigenvalue weighted by molar-refractivity contribution is 5.80. The summed E-state index contributed by atoms with van der Waals surface area (Å²) in [6, 6.07) is 1.86. The Labute approximate surface area is 151 Å². The zero-order valence-electron chi connectivity index (χ0n) is 15.6. The van der Waals surface area contributed by atoms with Gasteiger partial charge in [-0.05, 0) is 51.4 Å². The second-order valence-electron chi connectivity index (χ2n) is 7.03. The van der Waals surface area contributed by atoms with Crippen LogP contribution in [-0.2, 0) is 0 Å². The third-order valence-electron chi connectivity index (χ3n) is 5.30. The number of nitrogens with one attached hydrogen (secondary N) is 1. The lowest BCUT2D eigenvalue weighted by Crippen LogP contribution is -2.53. The maximum Gasteiger partial charge on any atom is 0.225 e. The SMILES string of the molecule is CN=C(NCCC1CCN(C)CC1)N1CCN(c2ncccn2)CC1. The number of nitrogens with zero attached hydrogens (tertiary/aromatic N) is 6. The zero-order valence-corrected chi connectivity index (χ0v) is 15.6. The van der Waals surface area contributed by atoms with E-state index >= 15 is 0 Å². The van der Waals surface area contributed by atoms with E-state index in [1.165, 1.54) is 32.4 Å². The van der Waals surface area contributed by atoms with Crippen molar-refractivity contribution in [3.63, 3.8) is 0 Å². The van der Waals surface area contributed by atoms with Crippen molar-refractivity contribution in [2.24, 2.45) is 10.9 Å². The minimum Gasteiger partial charge on any atom is -0.356 e. The number of hydrogen-bond donors (Lipinski definition) is 1. The van der Waals surface area contributed by atoms with Crippen molar-refractivity contribution in [3.8, 4) is 0 Å². The molecule has 1 aromatic rings. The highest BCUT2D eigenvalue weighted by Crippen LogP contribution is 2.18. The second-order valence-corrected chi connectivity index (χ2v) is 7.03. The molecule has 25 heavy (non-hydrogen) atoms. The van der Waals surface area contributed by atoms with Crippen molar-refractivity contribution < 1.29 is 0 Å². The van der Waals surface area contributed by atoms with Crippen LogP contribution >= 0.6 is 0 Å². The first kappa shape index (κ1) is 17.9. The number of likely N-dealkylation sites (tertiary alicyclic amines) is 1. The van der Waals surface area contributed by atoms with E-state index in [9.17, 15) is 0 Å². The molecule has 0 aromatic carbocycles. The molecule has 0 radical (unpaired) electrons. The van der Waals surface area contributed by atoms with Crippen molar-refractivity contribution in [1.82, 2.24) is 25.1 Å². The minimum absolute atomic E-state index is 0.826. The zero-order chi connectivity index (χ0) is 17.5. The van der Waals surface area contributed by atoms with Gasteiger partial charge in [0.15, 0.2) is 5.96 Å². The molecule has 0 amide bonds. The van der Waals surface area contributed by atoms with E-state index < -0.39 is 0 Å². The molecule has 7 heteroatoms. The summed E-state index contributed by atoms with van der Waals surface area (Å²) in [6.07, 6.45) is 7.50. The molecule has 0 spiro atoms. The molecule has 0 unspecified atom stereocenters. The van der Waals surface area contributed by atoms with Gasteiger partial charge in [0.2, 0.25) is 5.95 Å². The second kappa shape index (κ2) is 8.99. The van der Waals surface area contributed by atoms with Crippen LogP contribution in [0.5, 0.6) is 0 Å². The summed E-state index contributed by atoms with van der Waals surface area (Å²) in [5.41, 5.74) is 0. The van der Waals surface area contributed by atoms with E-state index in [0.29, 0.717) is 0 Å². The van der Waals surface area contributed by atoms with Crippen LogP contribution in [0.3, 0.4) is 0 Å². The van der Waals surface area contributed by atoms with Gasteiger partial charge in [0.05, 0.1) is 0 Å². The molecule has 0 aliphatic carbocycles. The van der Waals surface area contributed by atoms with Crippen molar-refractivity contribution in [2.75, 3.05) is 64.8 Å². The Morgan fingerprint density at radius 1 is 1.12 bits per heavy atom. The number of anilines is 1. The van der Waals surface area contributed by atoms with Gasteiger partial charge in [-0.2, -0.15) is 0 Å². The van der Waals surface area contributed by atoms with Gasteiger partial charge in [0.1, 0.15) is 0 Å². The largest absolute Gasteiger partial charge is 0.356 e. The molecule has 0 atom stereocenters. The Morgan fingerprint density at radius 2 is 1.80 bits per heavy atom. The Bertz CT molecular complexity index is 532. The van der Waals surface area contributed by atoms with Crippen molar-refractivity contribution in [1.29, 1.82) is 0 Å². The van der Waals surface area contributed by atoms with Gasteiger partial charge in [-0.25, -0.2) is 9.97 Å². The van der Waals surface area contributed by atoms with Gasteiger partial charge in [-0.15, -0.1) is 0 Å². The number of aliphatic imine (C=N–C) groups is 1. The third-order valence-corrected chi connectivity index (χ3v) is 5.30. The molecule has 1 N–H and O–H groups in total. The fourth-order valence-electron chi connectivity index (χ4n) is 3.64. The first-order valence-electron chi connectivity index (χ1n) is 9.42. The normalized spacial score (nSPS) is 20.8. The maximum atomic E-state index is 4.48. The molecule has 1 aromatic heterocycles. The van der Waals surface area contributed by atoms with E-state index in [4.69, 9.17) is 0 Å². The Kier molecular flexibility index (Phi) is 6.44. The third kappa shape index (κ3) is 5.04. The van der Waals surface area contributed by atoms with Gasteiger partial charge in [0.25, 0.3) is 0 Å². The fourth-order valence-corrected chi connectivity index (χ4v) is 3.64. The Balaban J connectivity index is 1.40. The van der Waals surface area contributed by atoms with Crippen LogP contribution in [0.2, 0.25) is 0 Å². The molecule has 2 saturated heterocycles. The number of piperidine rings is 1. The maximum absolute atomic E-state index is 4.48. The average molecular weight is 345 g/mol. The highest BCUT2D eigenvalue weighted by Gasteiger charge is 2.21. The molecule has 2 aliphatic rings. The molecule has 7 nitrogen and oxygen atoms in total. The number of hydrogen-bond acceptors (Lipinski definition) is 5. The van der Waals surface area contributed by atoms with Gasteiger partial charge in [0, 0.05) is 52.2 Å². The average Bonchev–Trinajstić information content (AvgIpc) is 2.68. The summed E-state index contributed by atoms with van der Waals surface area (Å²) in [6.45, 7) is 7.26. The van der Waals surface area contributed by atoms with Crippen LogP contribution in [0, 0.1) is 5.92 Å². The van der Waals surface area contributed by atoms with Crippen molar-refractivity contribution >= 4 is 11.9 Å². The van der Waals surface area contributed by atoms with Gasteiger partial charge >= 0.3 is 0 Å². The number of piperazine rings is 1. The molecular formula is C18H31N7. The summed E-state index contributed by atoms with van der Waals surface area (Å²) >= 11 is 0. The predicted octanol–water partition coefficient (Wildman–Crippen LogP) is 0.906. The molecule has 0 saturated carbocycles. The van der Waals surface area contributed by atoms with Crippen LogP contribution in [0.25, 0.3) is 0 Å². The van der Waals surface area contributed by atoms with Crippen LogP contribution < -0.4 is 10.2 Å². The monoisotopic (exact) mass is 345 g/mol. The molecule has 138 valence electrons. The minimum atomic E-state index is 0.826. The first-order chi connectivity index (χ1) is 12.3. The summed E-state index contributed by atoms with van der Waals surface area (Å²) in [5.74, 6) is 2.71. The summed E-state index contributed by atoms with van der Waals surface area (Å²) in [4.78, 5) is 20.2. The van der Waals surface area contributed by atoms with Crippen LogP contribution in [-0.4, -0.2) is 85.6 Å². The molecule has 3 heterocycles. The van der Waals surface area contributed by atoms with Crippen molar-refractivity contribution in [3.05, 3.63) is 18.5 Å². The lowest BCUT2D eigenvalue weighted by atomic mass is 9.94. The van der Waals surface area contributed by atoms with E-state index in [2.05, 4.69) is 42.0 Å². The van der Waals surface area contributed by atoms with E-state index in [-0.39, 0.29) is 0 Å². The number of rotatable bonds is 4.